The molecule has 0 spiro atoms. The van der Waals surface area contributed by atoms with Crippen LogP contribution in [0.25, 0.3) is 22.8 Å². The second-order valence-corrected chi connectivity index (χ2v) is 7.13. The SMILES string of the molecule is CCOC(=O)c1c[nH]c(-c2ccnc(N)n2)c1.CCOC(=O)c1cc(-c2ccnc(N)n2)[nH]c1Cl. The molecule has 0 bridgehead atoms. The second-order valence-electron chi connectivity index (χ2n) is 6.75. The summed E-state index contributed by atoms with van der Waals surface area (Å²) in [6.07, 6.45) is 4.66. The first-order valence-corrected chi connectivity index (χ1v) is 10.8. The van der Waals surface area contributed by atoms with Crippen molar-refractivity contribution in [1.29, 1.82) is 0 Å². The number of rotatable bonds is 6. The van der Waals surface area contributed by atoms with E-state index in [2.05, 4.69) is 29.9 Å². The fraction of sp³-hybridized carbons (Fsp3) is 0.182. The van der Waals surface area contributed by atoms with Crippen LogP contribution < -0.4 is 11.5 Å². The molecule has 13 heteroatoms. The molecule has 0 radical (unpaired) electrons. The minimum absolute atomic E-state index is 0.149. The molecule has 0 saturated carbocycles. The fourth-order valence-corrected chi connectivity index (χ4v) is 3.08. The smallest absolute Gasteiger partial charge is 0.341 e. The maximum atomic E-state index is 11.6. The van der Waals surface area contributed by atoms with Crippen LogP contribution in [0.2, 0.25) is 5.15 Å². The molecule has 0 aromatic carbocycles. The molecule has 0 saturated heterocycles. The summed E-state index contributed by atoms with van der Waals surface area (Å²) in [5.41, 5.74) is 14.2. The molecule has 6 N–H and O–H groups in total. The van der Waals surface area contributed by atoms with Crippen LogP contribution in [0.15, 0.2) is 42.9 Å². The Labute approximate surface area is 205 Å². The quantitative estimate of drug-likeness (QED) is 0.287. The molecular weight excluding hydrogens is 476 g/mol. The summed E-state index contributed by atoms with van der Waals surface area (Å²) in [6, 6.07) is 6.60. The van der Waals surface area contributed by atoms with Crippen molar-refractivity contribution in [2.24, 2.45) is 0 Å². The molecule has 0 amide bonds. The van der Waals surface area contributed by atoms with Crippen molar-refractivity contribution in [2.45, 2.75) is 13.8 Å². The van der Waals surface area contributed by atoms with Gasteiger partial charge in [-0.15, -0.1) is 0 Å². The van der Waals surface area contributed by atoms with Gasteiger partial charge in [0.25, 0.3) is 0 Å². The predicted octanol–water partition coefficient (Wildman–Crippen LogP) is 3.11. The van der Waals surface area contributed by atoms with Gasteiger partial charge in [0.2, 0.25) is 11.9 Å². The zero-order chi connectivity index (χ0) is 25.4. The van der Waals surface area contributed by atoms with Crippen LogP contribution in [0.3, 0.4) is 0 Å². The van der Waals surface area contributed by atoms with E-state index in [1.54, 1.807) is 50.5 Å². The van der Waals surface area contributed by atoms with E-state index in [1.807, 2.05) is 0 Å². The highest BCUT2D eigenvalue weighted by molar-refractivity contribution is 6.32. The molecule has 12 nitrogen and oxygen atoms in total. The van der Waals surface area contributed by atoms with Gasteiger partial charge in [-0.2, -0.15) is 0 Å². The number of nitrogens with zero attached hydrogens (tertiary/aromatic N) is 4. The van der Waals surface area contributed by atoms with E-state index in [1.165, 1.54) is 6.20 Å². The van der Waals surface area contributed by atoms with Crippen LogP contribution in [-0.4, -0.2) is 55.1 Å². The lowest BCUT2D eigenvalue weighted by molar-refractivity contribution is 0.0517. The van der Waals surface area contributed by atoms with Gasteiger partial charge in [0.05, 0.1) is 47.1 Å². The van der Waals surface area contributed by atoms with E-state index >= 15 is 0 Å². The summed E-state index contributed by atoms with van der Waals surface area (Å²) in [5, 5.41) is 0.209. The van der Waals surface area contributed by atoms with Crippen molar-refractivity contribution in [3.8, 4) is 22.8 Å². The Balaban J connectivity index is 0.000000196. The van der Waals surface area contributed by atoms with Crippen LogP contribution >= 0.6 is 11.6 Å². The highest BCUT2D eigenvalue weighted by atomic mass is 35.5. The average molecular weight is 499 g/mol. The van der Waals surface area contributed by atoms with E-state index in [0.29, 0.717) is 34.9 Å². The van der Waals surface area contributed by atoms with Crippen molar-refractivity contribution in [2.75, 3.05) is 24.7 Å². The van der Waals surface area contributed by atoms with Crippen molar-refractivity contribution >= 4 is 35.4 Å². The molecule has 35 heavy (non-hydrogen) atoms. The first-order chi connectivity index (χ1) is 16.8. The van der Waals surface area contributed by atoms with Crippen LogP contribution in [0.1, 0.15) is 34.6 Å². The molecular formula is C22H23ClN8O4. The number of nitrogens with one attached hydrogen (secondary N) is 2. The Morgan fingerprint density at radius 2 is 1.49 bits per heavy atom. The normalized spacial score (nSPS) is 10.3. The van der Waals surface area contributed by atoms with Crippen molar-refractivity contribution in [3.63, 3.8) is 0 Å². The number of hydrogen-bond acceptors (Lipinski definition) is 10. The van der Waals surface area contributed by atoms with Crippen molar-refractivity contribution in [1.82, 2.24) is 29.9 Å². The van der Waals surface area contributed by atoms with Crippen molar-refractivity contribution < 1.29 is 19.1 Å². The monoisotopic (exact) mass is 498 g/mol. The molecule has 4 aromatic heterocycles. The highest BCUT2D eigenvalue weighted by Crippen LogP contribution is 2.24. The first kappa shape index (κ1) is 25.2. The minimum atomic E-state index is -0.480. The largest absolute Gasteiger partial charge is 0.462 e. The van der Waals surface area contributed by atoms with Gasteiger partial charge in [-0.1, -0.05) is 11.6 Å². The number of nitrogen functional groups attached to an aromatic ring is 2. The number of carbonyl (C=O) groups is 2. The van der Waals surface area contributed by atoms with Gasteiger partial charge in [0, 0.05) is 18.6 Å². The Bertz CT molecular complexity index is 1320. The molecule has 0 aliphatic heterocycles. The average Bonchev–Trinajstić information content (AvgIpc) is 3.47. The third-order valence-electron chi connectivity index (χ3n) is 4.36. The topological polar surface area (TPSA) is 188 Å². The zero-order valence-corrected chi connectivity index (χ0v) is 19.7. The number of H-pyrrole nitrogens is 2. The van der Waals surface area contributed by atoms with E-state index in [9.17, 15) is 9.59 Å². The number of aromatic nitrogens is 6. The van der Waals surface area contributed by atoms with E-state index in [0.717, 1.165) is 0 Å². The van der Waals surface area contributed by atoms with Gasteiger partial charge in [0.15, 0.2) is 0 Å². The predicted molar refractivity (Wildman–Crippen MR) is 129 cm³/mol. The lowest BCUT2D eigenvalue weighted by Crippen LogP contribution is -2.03. The van der Waals surface area contributed by atoms with Gasteiger partial charge in [-0.25, -0.2) is 29.5 Å². The number of ether oxygens (including phenoxy) is 2. The van der Waals surface area contributed by atoms with Gasteiger partial charge < -0.3 is 30.9 Å². The molecule has 4 aromatic rings. The molecule has 4 rings (SSSR count). The molecule has 0 atom stereocenters. The summed E-state index contributed by atoms with van der Waals surface area (Å²) in [6.45, 7) is 4.12. The number of esters is 2. The summed E-state index contributed by atoms with van der Waals surface area (Å²) in [5.74, 6) is -0.505. The van der Waals surface area contributed by atoms with Crippen LogP contribution in [-0.2, 0) is 9.47 Å². The maximum absolute atomic E-state index is 11.6. The lowest BCUT2D eigenvalue weighted by atomic mass is 10.2. The number of aromatic amines is 2. The lowest BCUT2D eigenvalue weighted by Gasteiger charge is -1.98. The van der Waals surface area contributed by atoms with Gasteiger partial charge >= 0.3 is 11.9 Å². The number of carbonyl (C=O) groups excluding carboxylic acids is 2. The number of anilines is 2. The highest BCUT2D eigenvalue weighted by Gasteiger charge is 2.16. The Morgan fingerprint density at radius 1 is 0.914 bits per heavy atom. The Morgan fingerprint density at radius 3 is 2.06 bits per heavy atom. The Hall–Kier alpha value is -4.45. The number of halogens is 1. The van der Waals surface area contributed by atoms with Crippen molar-refractivity contribution in [3.05, 3.63) is 59.1 Å². The minimum Gasteiger partial charge on any atom is -0.462 e. The molecule has 0 unspecified atom stereocenters. The first-order valence-electron chi connectivity index (χ1n) is 10.4. The fourth-order valence-electron chi connectivity index (χ4n) is 2.85. The van der Waals surface area contributed by atoms with E-state index in [4.69, 9.17) is 32.5 Å². The van der Waals surface area contributed by atoms with Crippen LogP contribution in [0.5, 0.6) is 0 Å². The standard InChI is InChI=1S/C11H11ClN4O2.C11H12N4O2/c1-2-18-10(17)6-5-8(15-9(6)12)7-3-4-14-11(13)16-7;1-2-17-10(16)7-5-9(14-6-7)8-3-4-13-11(12)15-8/h3-5,15H,2H2,1H3,(H2,13,14,16);3-6,14H,2H2,1H3,(H2,12,13,15). The molecule has 0 aliphatic carbocycles. The molecule has 0 fully saturated rings. The molecule has 4 heterocycles. The van der Waals surface area contributed by atoms with Gasteiger partial charge in [0.1, 0.15) is 5.15 Å². The third kappa shape index (κ3) is 6.54. The van der Waals surface area contributed by atoms with Gasteiger partial charge in [-0.05, 0) is 38.1 Å². The van der Waals surface area contributed by atoms with Crippen LogP contribution in [0, 0.1) is 0 Å². The number of hydrogen-bond donors (Lipinski definition) is 4. The van der Waals surface area contributed by atoms with Crippen LogP contribution in [0.4, 0.5) is 11.9 Å². The van der Waals surface area contributed by atoms with E-state index in [-0.39, 0.29) is 35.2 Å². The molecule has 0 aliphatic rings. The summed E-state index contributed by atoms with van der Waals surface area (Å²) >= 11 is 5.93. The van der Waals surface area contributed by atoms with Gasteiger partial charge in [-0.3, -0.25) is 0 Å². The van der Waals surface area contributed by atoms with E-state index < -0.39 is 5.97 Å². The molecule has 182 valence electrons. The Kier molecular flexibility index (Phi) is 8.35. The summed E-state index contributed by atoms with van der Waals surface area (Å²) in [4.78, 5) is 44.5. The summed E-state index contributed by atoms with van der Waals surface area (Å²) < 4.78 is 9.77. The third-order valence-corrected chi connectivity index (χ3v) is 4.66. The zero-order valence-electron chi connectivity index (χ0n) is 18.9. The number of nitrogens with two attached hydrogens (primary N) is 2. The summed E-state index contributed by atoms with van der Waals surface area (Å²) in [7, 11) is 0. The second kappa shape index (κ2) is 11.6. The maximum Gasteiger partial charge on any atom is 0.341 e.